The van der Waals surface area contributed by atoms with Crippen molar-refractivity contribution in [3.05, 3.63) is 102 Å². The summed E-state index contributed by atoms with van der Waals surface area (Å²) in [5, 5.41) is 10.0. The van der Waals surface area contributed by atoms with Gasteiger partial charge >= 0.3 is 0 Å². The van der Waals surface area contributed by atoms with Crippen molar-refractivity contribution < 1.29 is 9.90 Å². The van der Waals surface area contributed by atoms with Gasteiger partial charge in [-0.3, -0.25) is 4.79 Å². The number of hydrogen-bond donors (Lipinski definition) is 1. The molecule has 0 heterocycles. The highest BCUT2D eigenvalue weighted by Crippen LogP contribution is 2.29. The largest absolute Gasteiger partial charge is 0.507 e. The van der Waals surface area contributed by atoms with Crippen LogP contribution in [0.5, 0.6) is 5.75 Å². The zero-order valence-electron chi connectivity index (χ0n) is 13.4. The summed E-state index contributed by atoms with van der Waals surface area (Å²) in [6, 6.07) is 26.7. The smallest absolute Gasteiger partial charge is 0.174 e. The number of carbonyl (C=O) groups excluding carboxylic acids is 1. The van der Waals surface area contributed by atoms with Crippen LogP contribution < -0.4 is 0 Å². The molecule has 0 aliphatic carbocycles. The van der Waals surface area contributed by atoms with Crippen LogP contribution in [0.25, 0.3) is 0 Å². The third kappa shape index (κ3) is 3.72. The van der Waals surface area contributed by atoms with Gasteiger partial charge in [-0.1, -0.05) is 72.8 Å². The number of phenolic OH excluding ortho intramolecular Hbond substituents is 1. The maximum atomic E-state index is 13.0. The molecular weight excluding hydrogens is 296 g/mol. The molecule has 0 radical (unpaired) electrons. The van der Waals surface area contributed by atoms with Crippen LogP contribution in [0.1, 0.15) is 33.8 Å². The summed E-state index contributed by atoms with van der Waals surface area (Å²) in [5.41, 5.74) is 2.59. The number of phenols is 1. The summed E-state index contributed by atoms with van der Waals surface area (Å²) in [5.74, 6) is -0.252. The first-order chi connectivity index (χ1) is 11.8. The number of aromatic hydroxyl groups is 1. The van der Waals surface area contributed by atoms with Gasteiger partial charge in [0.2, 0.25) is 0 Å². The fourth-order valence-electron chi connectivity index (χ4n) is 2.96. The summed E-state index contributed by atoms with van der Waals surface area (Å²) >= 11 is 0. The number of aryl methyl sites for hydroxylation is 1. The van der Waals surface area contributed by atoms with Crippen molar-refractivity contribution in [1.29, 1.82) is 0 Å². The molecule has 0 saturated heterocycles. The number of Topliss-reactive ketones (excluding diaryl/α,β-unsaturated/α-hetero) is 1. The third-order valence-electron chi connectivity index (χ3n) is 4.25. The molecule has 3 aromatic rings. The Balaban J connectivity index is 1.88. The van der Waals surface area contributed by atoms with Crippen molar-refractivity contribution >= 4 is 5.78 Å². The molecule has 0 amide bonds. The molecule has 0 aliphatic rings. The first-order valence-corrected chi connectivity index (χ1v) is 8.17. The molecule has 0 bridgehead atoms. The average Bonchev–Trinajstić information content (AvgIpc) is 2.64. The minimum absolute atomic E-state index is 0.0322. The minimum atomic E-state index is -0.264. The van der Waals surface area contributed by atoms with E-state index in [1.54, 1.807) is 24.3 Å². The van der Waals surface area contributed by atoms with Crippen molar-refractivity contribution in [2.24, 2.45) is 0 Å². The first-order valence-electron chi connectivity index (χ1n) is 8.17. The van der Waals surface area contributed by atoms with Crippen molar-refractivity contribution in [3.8, 4) is 5.75 Å². The Kier molecular flexibility index (Phi) is 5.07. The lowest BCUT2D eigenvalue weighted by Gasteiger charge is -2.17. The highest BCUT2D eigenvalue weighted by atomic mass is 16.3. The number of para-hydroxylation sites is 1. The van der Waals surface area contributed by atoms with Crippen molar-refractivity contribution in [3.63, 3.8) is 0 Å². The number of rotatable bonds is 6. The zero-order valence-corrected chi connectivity index (χ0v) is 13.4. The Morgan fingerprint density at radius 1 is 0.792 bits per heavy atom. The number of carbonyl (C=O) groups is 1. The molecule has 1 atom stereocenters. The first kappa shape index (κ1) is 16.0. The molecule has 3 aromatic carbocycles. The van der Waals surface area contributed by atoms with E-state index >= 15 is 0 Å². The topological polar surface area (TPSA) is 37.3 Å². The second-order valence-corrected chi connectivity index (χ2v) is 5.87. The van der Waals surface area contributed by atoms with Crippen LogP contribution in [-0.4, -0.2) is 10.9 Å². The van der Waals surface area contributed by atoms with Crippen LogP contribution >= 0.6 is 0 Å². The Labute approximate surface area is 142 Å². The third-order valence-corrected chi connectivity index (χ3v) is 4.25. The van der Waals surface area contributed by atoms with Crippen molar-refractivity contribution in [2.45, 2.75) is 18.8 Å². The Morgan fingerprint density at radius 3 is 2.04 bits per heavy atom. The zero-order chi connectivity index (χ0) is 16.8. The monoisotopic (exact) mass is 316 g/mol. The molecule has 0 spiro atoms. The van der Waals surface area contributed by atoms with E-state index in [0.29, 0.717) is 12.0 Å². The molecule has 0 aromatic heterocycles. The van der Waals surface area contributed by atoms with Gasteiger partial charge in [0.1, 0.15) is 5.75 Å². The number of ketones is 1. The summed E-state index contributed by atoms with van der Waals surface area (Å²) in [4.78, 5) is 13.0. The van der Waals surface area contributed by atoms with E-state index in [4.69, 9.17) is 0 Å². The molecule has 0 aliphatic heterocycles. The lowest BCUT2D eigenvalue weighted by Crippen LogP contribution is -2.14. The summed E-state index contributed by atoms with van der Waals surface area (Å²) in [6.45, 7) is 0. The quantitative estimate of drug-likeness (QED) is 0.650. The molecule has 1 unspecified atom stereocenters. The number of hydrogen-bond acceptors (Lipinski definition) is 2. The van der Waals surface area contributed by atoms with Gasteiger partial charge in [-0.2, -0.15) is 0 Å². The fourth-order valence-corrected chi connectivity index (χ4v) is 2.96. The minimum Gasteiger partial charge on any atom is -0.507 e. The van der Waals surface area contributed by atoms with Gasteiger partial charge in [0, 0.05) is 5.92 Å². The SMILES string of the molecule is O=C(c1ccccc1O)C(CCc1ccccc1)c1ccccc1. The van der Waals surface area contributed by atoms with Gasteiger partial charge in [0.25, 0.3) is 0 Å². The highest BCUT2D eigenvalue weighted by molar-refractivity contribution is 6.03. The van der Waals surface area contributed by atoms with E-state index in [1.165, 1.54) is 5.56 Å². The standard InChI is InChI=1S/C22H20O2/c23-21-14-8-7-13-20(21)22(24)19(18-11-5-2-6-12-18)16-15-17-9-3-1-4-10-17/h1-14,19,23H,15-16H2. The lowest BCUT2D eigenvalue weighted by atomic mass is 9.85. The van der Waals surface area contributed by atoms with Crippen LogP contribution in [0.2, 0.25) is 0 Å². The van der Waals surface area contributed by atoms with E-state index in [2.05, 4.69) is 12.1 Å². The molecule has 3 rings (SSSR count). The van der Waals surface area contributed by atoms with Crippen molar-refractivity contribution in [2.75, 3.05) is 0 Å². The van der Waals surface area contributed by atoms with E-state index in [9.17, 15) is 9.90 Å². The van der Waals surface area contributed by atoms with Gasteiger partial charge < -0.3 is 5.11 Å². The predicted molar refractivity (Wildman–Crippen MR) is 96.4 cm³/mol. The summed E-state index contributed by atoms with van der Waals surface area (Å²) < 4.78 is 0. The van der Waals surface area contributed by atoms with E-state index in [-0.39, 0.29) is 17.5 Å². The molecule has 2 nitrogen and oxygen atoms in total. The van der Waals surface area contributed by atoms with Crippen LogP contribution in [0.3, 0.4) is 0 Å². The Hall–Kier alpha value is -2.87. The predicted octanol–water partition coefficient (Wildman–Crippen LogP) is 4.99. The van der Waals surface area contributed by atoms with Gasteiger partial charge in [-0.25, -0.2) is 0 Å². The maximum Gasteiger partial charge on any atom is 0.174 e. The molecule has 24 heavy (non-hydrogen) atoms. The van der Waals surface area contributed by atoms with Gasteiger partial charge in [0.15, 0.2) is 5.78 Å². The number of benzene rings is 3. The van der Waals surface area contributed by atoms with Crippen LogP contribution in [-0.2, 0) is 6.42 Å². The second-order valence-electron chi connectivity index (χ2n) is 5.87. The molecule has 2 heteroatoms. The highest BCUT2D eigenvalue weighted by Gasteiger charge is 2.23. The molecule has 0 saturated carbocycles. The summed E-state index contributed by atoms with van der Waals surface area (Å²) in [6.07, 6.45) is 1.53. The summed E-state index contributed by atoms with van der Waals surface area (Å²) in [7, 11) is 0. The van der Waals surface area contributed by atoms with Crippen molar-refractivity contribution in [1.82, 2.24) is 0 Å². The fraction of sp³-hybridized carbons (Fsp3) is 0.136. The molecule has 0 fully saturated rings. The molecule has 1 N–H and O–H groups in total. The van der Waals surface area contributed by atoms with Crippen LogP contribution in [0.15, 0.2) is 84.9 Å². The Morgan fingerprint density at radius 2 is 1.38 bits per heavy atom. The normalized spacial score (nSPS) is 11.8. The Bertz CT molecular complexity index is 794. The van der Waals surface area contributed by atoms with Gasteiger partial charge in [-0.15, -0.1) is 0 Å². The lowest BCUT2D eigenvalue weighted by molar-refractivity contribution is 0.0952. The van der Waals surface area contributed by atoms with E-state index in [0.717, 1.165) is 12.0 Å². The maximum absolute atomic E-state index is 13.0. The van der Waals surface area contributed by atoms with E-state index < -0.39 is 0 Å². The molecule has 120 valence electrons. The van der Waals surface area contributed by atoms with Crippen LogP contribution in [0.4, 0.5) is 0 Å². The van der Waals surface area contributed by atoms with Gasteiger partial charge in [-0.05, 0) is 36.1 Å². The second kappa shape index (κ2) is 7.60. The van der Waals surface area contributed by atoms with Gasteiger partial charge in [0.05, 0.1) is 5.56 Å². The van der Waals surface area contributed by atoms with E-state index in [1.807, 2.05) is 48.5 Å². The average molecular weight is 316 g/mol. The molecular formula is C22H20O2. The van der Waals surface area contributed by atoms with Crippen LogP contribution in [0, 0.1) is 0 Å².